The second-order valence-electron chi connectivity index (χ2n) is 12.0. The van der Waals surface area contributed by atoms with Gasteiger partial charge in [-0.15, -0.1) is 0 Å². The second-order valence-corrected chi connectivity index (χ2v) is 12.0. The van der Waals surface area contributed by atoms with Crippen LogP contribution >= 0.6 is 0 Å². The molecule has 3 aromatic carbocycles. The fourth-order valence-corrected chi connectivity index (χ4v) is 5.09. The minimum absolute atomic E-state index is 0. The van der Waals surface area contributed by atoms with Crippen molar-refractivity contribution in [2.75, 3.05) is 26.4 Å². The Bertz CT molecular complexity index is 1160. The number of ether oxygens (including phenoxy) is 3. The maximum Gasteiger partial charge on any atom is 0.126 e. The molecule has 2 aliphatic heterocycles. The molecular formula is C38H53Cl2NO3Y-2. The zero-order valence-electron chi connectivity index (χ0n) is 28.3. The standard InChI is InChI=1S/C28H33NO.2C5H10O.2ClH.Y/c1-19(2)25-14-9-15-26(20(3)4)28(25)30-18-24-13-8-12-23(16-24)17-29-27-21(5)10-7-11-22(27)6;2*1-2-4-6-5-3-1;;;/h7-17,19-20H,18H2,1-6H3;2*1-5H2;2*1H;/p-2. The number of aryl methyl sites for hydroxylation is 2. The summed E-state index contributed by atoms with van der Waals surface area (Å²) < 4.78 is 16.5. The summed E-state index contributed by atoms with van der Waals surface area (Å²) >= 11 is 0. The molecule has 2 fully saturated rings. The van der Waals surface area contributed by atoms with Gasteiger partial charge < -0.3 is 39.0 Å². The van der Waals surface area contributed by atoms with Crippen LogP contribution in [-0.4, -0.2) is 32.6 Å². The van der Waals surface area contributed by atoms with Crippen molar-refractivity contribution in [1.29, 1.82) is 0 Å². The molecule has 2 saturated heterocycles. The second kappa shape index (κ2) is 24.8. The van der Waals surface area contributed by atoms with E-state index in [4.69, 9.17) is 19.2 Å². The van der Waals surface area contributed by atoms with Crippen LogP contribution in [0.3, 0.4) is 0 Å². The third-order valence-corrected chi connectivity index (χ3v) is 7.59. The van der Waals surface area contributed by atoms with E-state index < -0.39 is 0 Å². The molecule has 0 saturated carbocycles. The number of halogens is 2. The van der Waals surface area contributed by atoms with E-state index >= 15 is 0 Å². The summed E-state index contributed by atoms with van der Waals surface area (Å²) in [5.74, 6) is 1.89. The fraction of sp³-hybridized carbons (Fsp3) is 0.500. The number of nitrogens with zero attached hydrogens (tertiary/aromatic N) is 1. The summed E-state index contributed by atoms with van der Waals surface area (Å²) in [6, 6.07) is 21.2. The minimum atomic E-state index is 0. The smallest absolute Gasteiger partial charge is 0.126 e. The van der Waals surface area contributed by atoms with Gasteiger partial charge in [-0.2, -0.15) is 0 Å². The van der Waals surface area contributed by atoms with E-state index in [0.717, 1.165) is 49.0 Å². The summed E-state index contributed by atoms with van der Waals surface area (Å²) in [6.07, 6.45) is 9.81. The minimum Gasteiger partial charge on any atom is -1.00 e. The molecule has 3 aromatic rings. The molecule has 0 unspecified atom stereocenters. The number of rotatable bonds is 7. The first-order chi connectivity index (χ1) is 20.4. The first-order valence-electron chi connectivity index (χ1n) is 16.0. The Morgan fingerprint density at radius 3 is 1.58 bits per heavy atom. The molecule has 5 rings (SSSR count). The first kappa shape index (κ1) is 43.7. The van der Waals surface area contributed by atoms with E-state index in [0.29, 0.717) is 18.4 Å². The SMILES string of the molecule is C1CCOCC1.C1CCOCC1.Cc1cccc(C)c1N=Cc1cccc(COc2c(C(C)C)cccc2C(C)C)c1.[Cl-].[Cl-].[Y]. The molecule has 0 aliphatic carbocycles. The van der Waals surface area contributed by atoms with Gasteiger partial charge in [-0.25, -0.2) is 0 Å². The Morgan fingerprint density at radius 1 is 0.689 bits per heavy atom. The number of aliphatic imine (C=N–C) groups is 1. The van der Waals surface area contributed by atoms with Gasteiger partial charge in [0, 0.05) is 65.4 Å². The molecule has 4 nitrogen and oxygen atoms in total. The number of benzene rings is 3. The van der Waals surface area contributed by atoms with Gasteiger partial charge in [0.1, 0.15) is 12.4 Å². The summed E-state index contributed by atoms with van der Waals surface area (Å²) in [4.78, 5) is 4.74. The first-order valence-corrected chi connectivity index (χ1v) is 16.0. The van der Waals surface area contributed by atoms with Crippen molar-refractivity contribution in [2.45, 2.75) is 98.5 Å². The van der Waals surface area contributed by atoms with Gasteiger partial charge in [0.25, 0.3) is 0 Å². The van der Waals surface area contributed by atoms with Crippen LogP contribution in [0.4, 0.5) is 5.69 Å². The van der Waals surface area contributed by atoms with Crippen LogP contribution in [0.25, 0.3) is 0 Å². The van der Waals surface area contributed by atoms with Crippen LogP contribution in [0.2, 0.25) is 0 Å². The molecule has 7 heteroatoms. The van der Waals surface area contributed by atoms with E-state index in [-0.39, 0.29) is 57.5 Å². The van der Waals surface area contributed by atoms with Crippen molar-refractivity contribution in [3.8, 4) is 5.75 Å². The van der Waals surface area contributed by atoms with Crippen molar-refractivity contribution < 1.29 is 71.7 Å². The van der Waals surface area contributed by atoms with Crippen molar-refractivity contribution in [1.82, 2.24) is 0 Å². The van der Waals surface area contributed by atoms with E-state index in [1.165, 1.54) is 60.8 Å². The maximum absolute atomic E-state index is 6.39. The molecule has 45 heavy (non-hydrogen) atoms. The number of hydrogen-bond donors (Lipinski definition) is 0. The fourth-order valence-electron chi connectivity index (χ4n) is 5.09. The van der Waals surface area contributed by atoms with Crippen LogP contribution in [0.5, 0.6) is 5.75 Å². The molecule has 0 atom stereocenters. The van der Waals surface area contributed by atoms with Gasteiger partial charge in [-0.3, -0.25) is 4.99 Å². The third-order valence-electron chi connectivity index (χ3n) is 7.59. The summed E-state index contributed by atoms with van der Waals surface area (Å²) in [5.41, 5.74) is 8.21. The molecule has 1 radical (unpaired) electrons. The quantitative estimate of drug-likeness (QED) is 0.342. The molecular weight excluding hydrogens is 678 g/mol. The Hall–Kier alpha value is -1.27. The van der Waals surface area contributed by atoms with Crippen molar-refractivity contribution in [3.63, 3.8) is 0 Å². The average molecular weight is 732 g/mol. The van der Waals surface area contributed by atoms with Gasteiger partial charge in [-0.05, 0) is 104 Å². The van der Waals surface area contributed by atoms with Crippen LogP contribution in [0.15, 0.2) is 65.7 Å². The third kappa shape index (κ3) is 15.9. The molecule has 0 aromatic heterocycles. The summed E-state index contributed by atoms with van der Waals surface area (Å²) in [6.45, 7) is 17.6. The molecule has 2 aliphatic rings. The average Bonchev–Trinajstić information content (AvgIpc) is 3.02. The Kier molecular flexibility index (Phi) is 24.1. The van der Waals surface area contributed by atoms with E-state index in [1.807, 2.05) is 6.21 Å². The molecule has 0 N–H and O–H groups in total. The molecule has 0 bridgehead atoms. The zero-order valence-corrected chi connectivity index (χ0v) is 32.6. The van der Waals surface area contributed by atoms with Crippen LogP contribution < -0.4 is 29.6 Å². The van der Waals surface area contributed by atoms with Crippen LogP contribution in [0.1, 0.15) is 111 Å². The largest absolute Gasteiger partial charge is 1.00 e. The number of hydrogen-bond acceptors (Lipinski definition) is 4. The predicted molar refractivity (Wildman–Crippen MR) is 178 cm³/mol. The summed E-state index contributed by atoms with van der Waals surface area (Å²) in [7, 11) is 0. The van der Waals surface area contributed by atoms with Crippen LogP contribution in [-0.2, 0) is 48.8 Å². The van der Waals surface area contributed by atoms with Gasteiger partial charge >= 0.3 is 0 Å². The molecule has 0 spiro atoms. The zero-order chi connectivity index (χ0) is 30.2. The normalized spacial score (nSPS) is 14.1. The van der Waals surface area contributed by atoms with Gasteiger partial charge in [-0.1, -0.05) is 82.3 Å². The topological polar surface area (TPSA) is 40.0 Å². The Morgan fingerprint density at radius 2 is 1.16 bits per heavy atom. The molecule has 0 amide bonds. The monoisotopic (exact) mass is 730 g/mol. The van der Waals surface area contributed by atoms with Gasteiger partial charge in [0.15, 0.2) is 0 Å². The molecule has 2 heterocycles. The van der Waals surface area contributed by atoms with E-state index in [2.05, 4.69) is 102 Å². The number of para-hydroxylation sites is 2. The van der Waals surface area contributed by atoms with E-state index in [9.17, 15) is 0 Å². The van der Waals surface area contributed by atoms with Gasteiger partial charge in [0.05, 0.1) is 5.69 Å². The Balaban J connectivity index is 0.00000107. The predicted octanol–water partition coefficient (Wildman–Crippen LogP) is 4.26. The molecule has 247 valence electrons. The Labute approximate surface area is 311 Å². The van der Waals surface area contributed by atoms with Crippen molar-refractivity contribution in [2.24, 2.45) is 4.99 Å². The van der Waals surface area contributed by atoms with Crippen molar-refractivity contribution >= 4 is 11.9 Å². The maximum atomic E-state index is 6.39. The summed E-state index contributed by atoms with van der Waals surface area (Å²) in [5, 5.41) is 0. The van der Waals surface area contributed by atoms with E-state index in [1.54, 1.807) is 0 Å². The van der Waals surface area contributed by atoms with Crippen LogP contribution in [0, 0.1) is 13.8 Å². The van der Waals surface area contributed by atoms with Gasteiger partial charge in [0.2, 0.25) is 0 Å². The van der Waals surface area contributed by atoms with Crippen molar-refractivity contribution in [3.05, 3.63) is 94.0 Å².